The average molecular weight is 311 g/mol. The van der Waals surface area contributed by atoms with Crippen LogP contribution in [0.25, 0.3) is 0 Å². The first-order valence-electron chi connectivity index (χ1n) is 5.76. The van der Waals surface area contributed by atoms with Crippen LogP contribution < -0.4 is 0 Å². The van der Waals surface area contributed by atoms with Crippen molar-refractivity contribution in [3.63, 3.8) is 0 Å². The normalized spacial score (nSPS) is 10.4. The lowest BCUT2D eigenvalue weighted by molar-refractivity contribution is 0.102. The first-order valence-corrected chi connectivity index (χ1v) is 7.67. The molecule has 0 aliphatic carbocycles. The molecule has 2 rings (SSSR count). The summed E-state index contributed by atoms with van der Waals surface area (Å²) < 4.78 is 0. The van der Waals surface area contributed by atoms with Gasteiger partial charge in [-0.15, -0.1) is 11.8 Å². The van der Waals surface area contributed by atoms with E-state index in [0.29, 0.717) is 16.3 Å². The molecule has 0 atom stereocenters. The lowest BCUT2D eigenvalue weighted by Gasteiger charge is -2.02. The summed E-state index contributed by atoms with van der Waals surface area (Å²) in [6.07, 6.45) is 0. The van der Waals surface area contributed by atoms with Gasteiger partial charge < -0.3 is 0 Å². The summed E-state index contributed by atoms with van der Waals surface area (Å²) in [7, 11) is 0. The van der Waals surface area contributed by atoms with E-state index in [9.17, 15) is 4.79 Å². The first kappa shape index (κ1) is 14.4. The van der Waals surface area contributed by atoms with Gasteiger partial charge in [-0.1, -0.05) is 35.3 Å². The second-order valence-corrected chi connectivity index (χ2v) is 5.91. The molecule has 0 amide bonds. The topological polar surface area (TPSA) is 17.1 Å². The third kappa shape index (κ3) is 4.57. The van der Waals surface area contributed by atoms with Crippen LogP contribution in [0.15, 0.2) is 48.5 Å². The molecule has 0 bridgehead atoms. The molecule has 0 aromatic heterocycles. The molecule has 0 aliphatic heterocycles. The Bertz CT molecular complexity index is 549. The summed E-state index contributed by atoms with van der Waals surface area (Å²) in [5.74, 6) is 1.39. The summed E-state index contributed by atoms with van der Waals surface area (Å²) >= 11 is 13.2. The maximum atomic E-state index is 11.9. The lowest BCUT2D eigenvalue weighted by Crippen LogP contribution is -2.02. The van der Waals surface area contributed by atoms with Gasteiger partial charge in [-0.25, -0.2) is 0 Å². The number of benzene rings is 2. The molecule has 2 aromatic carbocycles. The lowest BCUT2D eigenvalue weighted by atomic mass is 10.1. The fourth-order valence-corrected chi connectivity index (χ4v) is 2.70. The Hall–Kier alpha value is -0.960. The number of hydrogen-bond donors (Lipinski definition) is 0. The summed E-state index contributed by atoms with van der Waals surface area (Å²) in [5, 5.41) is 1.37. The van der Waals surface area contributed by atoms with Crippen LogP contribution >= 0.6 is 35.0 Å². The second kappa shape index (κ2) is 6.99. The van der Waals surface area contributed by atoms with E-state index in [1.807, 2.05) is 24.3 Å². The van der Waals surface area contributed by atoms with Crippen molar-refractivity contribution >= 4 is 40.7 Å². The highest BCUT2D eigenvalue weighted by atomic mass is 35.5. The Morgan fingerprint density at radius 3 is 2.00 bits per heavy atom. The second-order valence-electron chi connectivity index (χ2n) is 4.05. The summed E-state index contributed by atoms with van der Waals surface area (Å²) in [4.78, 5) is 11.9. The predicted octanol–water partition coefficient (Wildman–Crippen LogP) is 5.11. The number of carbonyl (C=O) groups excluding carboxylic acids is 1. The number of Topliss-reactive ketones (excluding diaryl/α,β-unsaturated/α-hetero) is 1. The van der Waals surface area contributed by atoms with Gasteiger partial charge in [0.05, 0.1) is 5.75 Å². The number of rotatable bonds is 5. The summed E-state index contributed by atoms with van der Waals surface area (Å²) in [6, 6.07) is 14.7. The highest BCUT2D eigenvalue weighted by Gasteiger charge is 2.05. The SMILES string of the molecule is O=C(CSCc1ccc(Cl)cc1)c1ccc(Cl)cc1. The molecule has 0 unspecified atom stereocenters. The van der Waals surface area contributed by atoms with E-state index in [-0.39, 0.29) is 5.78 Å². The standard InChI is InChI=1S/C15H12Cl2OS/c16-13-5-1-11(2-6-13)9-19-10-15(18)12-3-7-14(17)8-4-12/h1-8H,9-10H2. The van der Waals surface area contributed by atoms with E-state index in [4.69, 9.17) is 23.2 Å². The maximum absolute atomic E-state index is 11.9. The number of carbonyl (C=O) groups is 1. The van der Waals surface area contributed by atoms with Crippen molar-refractivity contribution in [2.75, 3.05) is 5.75 Å². The molecular formula is C15H12Cl2OS. The highest BCUT2D eigenvalue weighted by Crippen LogP contribution is 2.17. The zero-order valence-corrected chi connectivity index (χ0v) is 12.4. The van der Waals surface area contributed by atoms with E-state index in [2.05, 4.69) is 0 Å². The Morgan fingerprint density at radius 1 is 0.895 bits per heavy atom. The Labute approximate surface area is 126 Å². The first-order chi connectivity index (χ1) is 9.15. The minimum absolute atomic E-state index is 0.121. The maximum Gasteiger partial charge on any atom is 0.172 e. The molecule has 0 aliphatic rings. The van der Waals surface area contributed by atoms with Gasteiger partial charge in [0.15, 0.2) is 5.78 Å². The fraction of sp³-hybridized carbons (Fsp3) is 0.133. The van der Waals surface area contributed by atoms with E-state index in [1.165, 1.54) is 5.56 Å². The molecule has 4 heteroatoms. The highest BCUT2D eigenvalue weighted by molar-refractivity contribution is 7.99. The van der Waals surface area contributed by atoms with Gasteiger partial charge in [0.1, 0.15) is 0 Å². The van der Waals surface area contributed by atoms with Gasteiger partial charge in [0.2, 0.25) is 0 Å². The van der Waals surface area contributed by atoms with Crippen molar-refractivity contribution in [2.45, 2.75) is 5.75 Å². The molecule has 0 spiro atoms. The van der Waals surface area contributed by atoms with Crippen LogP contribution in [-0.2, 0) is 5.75 Å². The molecule has 0 heterocycles. The van der Waals surface area contributed by atoms with E-state index < -0.39 is 0 Å². The summed E-state index contributed by atoms with van der Waals surface area (Å²) in [5.41, 5.74) is 1.87. The van der Waals surface area contributed by atoms with Gasteiger partial charge in [-0.05, 0) is 42.0 Å². The van der Waals surface area contributed by atoms with Crippen LogP contribution in [0.1, 0.15) is 15.9 Å². The van der Waals surface area contributed by atoms with Gasteiger partial charge in [0.25, 0.3) is 0 Å². The smallest absolute Gasteiger partial charge is 0.172 e. The number of thioether (sulfide) groups is 1. The molecule has 19 heavy (non-hydrogen) atoms. The van der Waals surface area contributed by atoms with Crippen molar-refractivity contribution in [2.24, 2.45) is 0 Å². The minimum atomic E-state index is 0.121. The van der Waals surface area contributed by atoms with Crippen LogP contribution in [0, 0.1) is 0 Å². The van der Waals surface area contributed by atoms with Gasteiger partial charge in [0, 0.05) is 21.4 Å². The molecule has 98 valence electrons. The van der Waals surface area contributed by atoms with Crippen LogP contribution in [0.2, 0.25) is 10.0 Å². The van der Waals surface area contributed by atoms with E-state index in [0.717, 1.165) is 10.8 Å². The Morgan fingerprint density at radius 2 is 1.42 bits per heavy atom. The molecule has 1 nitrogen and oxygen atoms in total. The monoisotopic (exact) mass is 310 g/mol. The van der Waals surface area contributed by atoms with Crippen LogP contribution in [-0.4, -0.2) is 11.5 Å². The molecule has 0 fully saturated rings. The van der Waals surface area contributed by atoms with Crippen molar-refractivity contribution < 1.29 is 4.79 Å². The Balaban J connectivity index is 1.84. The summed E-state index contributed by atoms with van der Waals surface area (Å²) in [6.45, 7) is 0. The van der Waals surface area contributed by atoms with Crippen LogP contribution in [0.5, 0.6) is 0 Å². The van der Waals surface area contributed by atoms with Crippen LogP contribution in [0.4, 0.5) is 0 Å². The molecule has 0 saturated heterocycles. The molecule has 0 N–H and O–H groups in total. The molecule has 2 aromatic rings. The predicted molar refractivity (Wildman–Crippen MR) is 83.4 cm³/mol. The average Bonchev–Trinajstić information content (AvgIpc) is 2.41. The molecular weight excluding hydrogens is 299 g/mol. The van der Waals surface area contributed by atoms with E-state index >= 15 is 0 Å². The van der Waals surface area contributed by atoms with Gasteiger partial charge >= 0.3 is 0 Å². The van der Waals surface area contributed by atoms with Crippen molar-refractivity contribution in [3.8, 4) is 0 Å². The molecule has 0 saturated carbocycles. The number of hydrogen-bond acceptors (Lipinski definition) is 2. The van der Waals surface area contributed by atoms with Gasteiger partial charge in [-0.3, -0.25) is 4.79 Å². The van der Waals surface area contributed by atoms with E-state index in [1.54, 1.807) is 36.0 Å². The third-order valence-electron chi connectivity index (χ3n) is 2.58. The zero-order chi connectivity index (χ0) is 13.7. The molecule has 0 radical (unpaired) electrons. The number of ketones is 1. The van der Waals surface area contributed by atoms with Crippen LogP contribution in [0.3, 0.4) is 0 Å². The largest absolute Gasteiger partial charge is 0.293 e. The van der Waals surface area contributed by atoms with Crippen molar-refractivity contribution in [1.29, 1.82) is 0 Å². The third-order valence-corrected chi connectivity index (χ3v) is 4.09. The minimum Gasteiger partial charge on any atom is -0.293 e. The van der Waals surface area contributed by atoms with Gasteiger partial charge in [-0.2, -0.15) is 0 Å². The zero-order valence-electron chi connectivity index (χ0n) is 10.1. The Kier molecular flexibility index (Phi) is 5.32. The van der Waals surface area contributed by atoms with Crippen molar-refractivity contribution in [1.82, 2.24) is 0 Å². The fourth-order valence-electron chi connectivity index (χ4n) is 1.56. The van der Waals surface area contributed by atoms with Crippen molar-refractivity contribution in [3.05, 3.63) is 69.7 Å². The number of halogens is 2. The quantitative estimate of drug-likeness (QED) is 0.714.